The third kappa shape index (κ3) is 13.2. The minimum absolute atomic E-state index is 0. The van der Waals surface area contributed by atoms with E-state index in [2.05, 4.69) is 6.92 Å². The topological polar surface area (TPSA) is 74.6 Å². The van der Waals surface area contributed by atoms with Gasteiger partial charge in [0, 0.05) is 0 Å². The van der Waals surface area contributed by atoms with Crippen molar-refractivity contribution in [3.8, 4) is 0 Å². The van der Waals surface area contributed by atoms with Gasteiger partial charge in [-0.2, -0.15) is 0 Å². The summed E-state index contributed by atoms with van der Waals surface area (Å²) in [6, 6.07) is 0. The van der Waals surface area contributed by atoms with Gasteiger partial charge in [-0.15, -0.1) is 0 Å². The average molecular weight is 314 g/mol. The Morgan fingerprint density at radius 2 is 1.10 bits per heavy atom. The van der Waals surface area contributed by atoms with Crippen molar-refractivity contribution in [2.45, 2.75) is 77.6 Å². The van der Waals surface area contributed by atoms with Crippen LogP contribution in [0.3, 0.4) is 0 Å². The van der Waals surface area contributed by atoms with E-state index >= 15 is 0 Å². The number of unbranched alkanes of at least 4 members (excludes halogenated alkanes) is 9. The Kier molecular flexibility index (Phi) is 17.5. The van der Waals surface area contributed by atoms with E-state index in [4.69, 9.17) is 10.2 Å². The van der Waals surface area contributed by atoms with Crippen molar-refractivity contribution >= 4 is 49.7 Å². The first-order chi connectivity index (χ1) is 9.09. The predicted molar refractivity (Wildman–Crippen MR) is 83.8 cm³/mol. The molecule has 0 aliphatic carbocycles. The van der Waals surface area contributed by atoms with Crippen LogP contribution in [0.5, 0.6) is 0 Å². The van der Waals surface area contributed by atoms with Gasteiger partial charge in [0.1, 0.15) is 0 Å². The fraction of sp³-hybridized carbons (Fsp3) is 0.867. The quantitative estimate of drug-likeness (QED) is 0.311. The van der Waals surface area contributed by atoms with Crippen molar-refractivity contribution in [2.24, 2.45) is 5.92 Å². The molecule has 0 fully saturated rings. The Balaban J connectivity index is 0. The second kappa shape index (κ2) is 15.6. The first-order valence-electron chi connectivity index (χ1n) is 7.55. The summed E-state index contributed by atoms with van der Waals surface area (Å²) in [5, 5.41) is 17.4. The minimum atomic E-state index is -1.23. The zero-order chi connectivity index (χ0) is 14.5. The van der Waals surface area contributed by atoms with Crippen LogP contribution < -0.4 is 0 Å². The maximum absolute atomic E-state index is 10.7. The Bertz CT molecular complexity index is 242. The zero-order valence-corrected chi connectivity index (χ0v) is 12.1. The van der Waals surface area contributed by atoms with Crippen LogP contribution in [0.25, 0.3) is 0 Å². The molecule has 0 heterocycles. The van der Waals surface area contributed by atoms with Crippen molar-refractivity contribution in [1.82, 2.24) is 0 Å². The molecular weight excluding hydrogens is 284 g/mol. The molecule has 0 aliphatic rings. The van der Waals surface area contributed by atoms with E-state index in [-0.39, 0.29) is 44.2 Å². The van der Waals surface area contributed by atoms with Crippen LogP contribution in [0.1, 0.15) is 77.6 Å². The van der Waals surface area contributed by atoms with Gasteiger partial charge in [0.2, 0.25) is 0 Å². The van der Waals surface area contributed by atoms with E-state index in [1.54, 1.807) is 0 Å². The molecule has 0 bridgehead atoms. The normalized spacial score (nSPS) is 10.3. The molecule has 2 N–H and O–H groups in total. The third-order valence-corrected chi connectivity index (χ3v) is 3.44. The van der Waals surface area contributed by atoms with E-state index < -0.39 is 17.9 Å². The molecule has 0 aromatic heterocycles. The monoisotopic (exact) mass is 314 g/mol. The van der Waals surface area contributed by atoms with Crippen LogP contribution in [0.15, 0.2) is 0 Å². The molecule has 0 unspecified atom stereocenters. The summed E-state index contributed by atoms with van der Waals surface area (Å²) >= 11 is 0. The Labute approximate surface area is 152 Å². The van der Waals surface area contributed by atoms with Crippen molar-refractivity contribution in [3.05, 3.63) is 0 Å². The van der Waals surface area contributed by atoms with Crippen molar-refractivity contribution in [2.75, 3.05) is 0 Å². The number of aliphatic carboxylic acids is 2. The van der Waals surface area contributed by atoms with Gasteiger partial charge in [-0.05, 0) is 6.42 Å². The van der Waals surface area contributed by atoms with Gasteiger partial charge in [-0.3, -0.25) is 9.59 Å². The van der Waals surface area contributed by atoms with Crippen LogP contribution in [-0.4, -0.2) is 59.9 Å². The number of rotatable bonds is 13. The molecule has 0 amide bonds. The Morgan fingerprint density at radius 3 is 1.45 bits per heavy atom. The molecule has 0 rings (SSSR count). The van der Waals surface area contributed by atoms with E-state index in [0.29, 0.717) is 6.42 Å². The molecule has 20 heavy (non-hydrogen) atoms. The molecular formula is C15H30CaO4. The first kappa shape index (κ1) is 22.5. The molecule has 0 saturated heterocycles. The van der Waals surface area contributed by atoms with Gasteiger partial charge in [0.25, 0.3) is 0 Å². The summed E-state index contributed by atoms with van der Waals surface area (Å²) in [6.07, 6.45) is 11.9. The standard InChI is InChI=1S/C15H28O4.Ca.2H/c1-2-3-4-5-6-7-8-9-10-11-12-13(14(16)17)15(18)19;;;/h13H,2-12H2,1H3,(H,16,17)(H,18,19);;;. The molecule has 4 nitrogen and oxygen atoms in total. The molecule has 0 spiro atoms. The van der Waals surface area contributed by atoms with Gasteiger partial charge in [0.15, 0.2) is 5.92 Å². The van der Waals surface area contributed by atoms with Crippen LogP contribution in [-0.2, 0) is 9.59 Å². The summed E-state index contributed by atoms with van der Waals surface area (Å²) in [5.74, 6) is -3.67. The Morgan fingerprint density at radius 1 is 0.750 bits per heavy atom. The van der Waals surface area contributed by atoms with Crippen LogP contribution in [0.4, 0.5) is 0 Å². The molecule has 116 valence electrons. The summed E-state index contributed by atoms with van der Waals surface area (Å²) < 4.78 is 0. The van der Waals surface area contributed by atoms with Gasteiger partial charge in [-0.25, -0.2) is 0 Å². The van der Waals surface area contributed by atoms with E-state index in [9.17, 15) is 9.59 Å². The summed E-state index contributed by atoms with van der Waals surface area (Å²) in [6.45, 7) is 2.21. The van der Waals surface area contributed by atoms with Crippen LogP contribution in [0.2, 0.25) is 0 Å². The average Bonchev–Trinajstić information content (AvgIpc) is 2.35. The van der Waals surface area contributed by atoms with Gasteiger partial charge in [0.05, 0.1) is 0 Å². The number of hydrogen-bond donors (Lipinski definition) is 2. The van der Waals surface area contributed by atoms with Gasteiger partial charge in [-0.1, -0.05) is 71.1 Å². The number of carbonyl (C=O) groups is 2. The van der Waals surface area contributed by atoms with Crippen LogP contribution in [0, 0.1) is 5.92 Å². The first-order valence-corrected chi connectivity index (χ1v) is 7.55. The fourth-order valence-corrected chi connectivity index (χ4v) is 2.19. The molecule has 0 aliphatic heterocycles. The molecule has 0 saturated carbocycles. The van der Waals surface area contributed by atoms with Crippen molar-refractivity contribution in [1.29, 1.82) is 0 Å². The van der Waals surface area contributed by atoms with Crippen molar-refractivity contribution < 1.29 is 19.8 Å². The van der Waals surface area contributed by atoms with Gasteiger partial charge >= 0.3 is 49.7 Å². The molecule has 0 aromatic rings. The number of carboxylic acids is 2. The summed E-state index contributed by atoms with van der Waals surface area (Å²) in [7, 11) is 0. The van der Waals surface area contributed by atoms with Crippen molar-refractivity contribution in [3.63, 3.8) is 0 Å². The van der Waals surface area contributed by atoms with Gasteiger partial charge < -0.3 is 10.2 Å². The number of carboxylic acid groups (broad SMARTS) is 2. The number of hydrogen-bond acceptors (Lipinski definition) is 2. The molecule has 0 aromatic carbocycles. The van der Waals surface area contributed by atoms with E-state index in [0.717, 1.165) is 12.8 Å². The maximum atomic E-state index is 10.7. The fourth-order valence-electron chi connectivity index (χ4n) is 2.19. The Hall–Kier alpha value is 0.200. The van der Waals surface area contributed by atoms with E-state index in [1.807, 2.05) is 0 Å². The second-order valence-electron chi connectivity index (χ2n) is 5.20. The predicted octanol–water partition coefficient (Wildman–Crippen LogP) is 3.17. The summed E-state index contributed by atoms with van der Waals surface area (Å²) in [4.78, 5) is 21.3. The zero-order valence-electron chi connectivity index (χ0n) is 12.1. The summed E-state index contributed by atoms with van der Waals surface area (Å²) in [5.41, 5.74) is 0. The van der Waals surface area contributed by atoms with E-state index in [1.165, 1.54) is 44.9 Å². The SMILES string of the molecule is CCCCCCCCCCCCC(C(=O)O)C(=O)O.[CaH2]. The molecule has 0 atom stereocenters. The second-order valence-corrected chi connectivity index (χ2v) is 5.20. The molecule has 0 radical (unpaired) electrons. The van der Waals surface area contributed by atoms with Crippen LogP contribution >= 0.6 is 0 Å². The third-order valence-electron chi connectivity index (χ3n) is 3.44. The molecule has 5 heteroatoms.